The Labute approximate surface area is 169 Å². The molecule has 0 bridgehead atoms. The van der Waals surface area contributed by atoms with Crippen LogP contribution in [0.2, 0.25) is 0 Å². The van der Waals surface area contributed by atoms with Gasteiger partial charge in [0, 0.05) is 23.5 Å². The molecule has 0 N–H and O–H groups in total. The second-order valence-corrected chi connectivity index (χ2v) is 10.9. The van der Waals surface area contributed by atoms with Crippen LogP contribution in [0.15, 0.2) is 11.2 Å². The fraction of sp³-hybridized carbons (Fsp3) is 0.667. The van der Waals surface area contributed by atoms with Crippen molar-refractivity contribution < 1.29 is 13.2 Å². The van der Waals surface area contributed by atoms with Gasteiger partial charge in [0.2, 0.25) is 5.91 Å². The first-order chi connectivity index (χ1) is 13.3. The summed E-state index contributed by atoms with van der Waals surface area (Å²) in [5.41, 5.74) is 1.84. The largest absolute Gasteiger partial charge is 0.335 e. The molecule has 0 radical (unpaired) electrons. The van der Waals surface area contributed by atoms with Crippen molar-refractivity contribution in [3.63, 3.8) is 0 Å². The van der Waals surface area contributed by atoms with Crippen LogP contribution in [0.1, 0.15) is 43.5 Å². The Morgan fingerprint density at radius 1 is 1.21 bits per heavy atom. The van der Waals surface area contributed by atoms with Gasteiger partial charge >= 0.3 is 0 Å². The number of nitrogens with zero attached hydrogens (tertiary/aromatic N) is 5. The van der Waals surface area contributed by atoms with Crippen molar-refractivity contribution in [2.45, 2.75) is 63.2 Å². The van der Waals surface area contributed by atoms with Gasteiger partial charge in [-0.3, -0.25) is 9.20 Å². The topological polar surface area (TPSA) is 97.5 Å². The molecule has 2 aromatic rings. The van der Waals surface area contributed by atoms with Crippen LogP contribution in [0.3, 0.4) is 0 Å². The van der Waals surface area contributed by atoms with Crippen molar-refractivity contribution in [1.29, 1.82) is 0 Å². The van der Waals surface area contributed by atoms with E-state index in [1.54, 1.807) is 0 Å². The van der Waals surface area contributed by atoms with Gasteiger partial charge in [0.1, 0.15) is 0 Å². The number of aromatic nitrogens is 4. The first-order valence-corrected chi connectivity index (χ1v) is 12.5. The predicted octanol–water partition coefficient (Wildman–Crippen LogP) is 1.79. The fourth-order valence-electron chi connectivity index (χ4n) is 4.38. The molecule has 1 aliphatic carbocycles. The Hall–Kier alpha value is -1.68. The van der Waals surface area contributed by atoms with Crippen LogP contribution in [0, 0.1) is 13.8 Å². The molecule has 4 rings (SSSR count). The number of hydrogen-bond acceptors (Lipinski definition) is 7. The van der Waals surface area contributed by atoms with Crippen LogP contribution in [0.4, 0.5) is 0 Å². The number of hydrogen-bond donors (Lipinski definition) is 0. The van der Waals surface area contributed by atoms with Gasteiger partial charge in [0.15, 0.2) is 15.0 Å². The highest BCUT2D eigenvalue weighted by Crippen LogP contribution is 2.30. The minimum atomic E-state index is -3.04. The Balaban J connectivity index is 1.52. The van der Waals surface area contributed by atoms with Gasteiger partial charge in [-0.15, -0.1) is 10.2 Å². The van der Waals surface area contributed by atoms with E-state index >= 15 is 0 Å². The molecule has 2 aromatic heterocycles. The molecule has 0 unspecified atom stereocenters. The maximum absolute atomic E-state index is 13.1. The van der Waals surface area contributed by atoms with Gasteiger partial charge in [-0.2, -0.15) is 0 Å². The maximum atomic E-state index is 13.1. The minimum Gasteiger partial charge on any atom is -0.335 e. The molecule has 1 atom stereocenters. The Bertz CT molecular complexity index is 998. The predicted molar refractivity (Wildman–Crippen MR) is 107 cm³/mol. The summed E-state index contributed by atoms with van der Waals surface area (Å²) in [5.74, 6) is 1.02. The number of carbonyl (C=O) groups is 1. The molecular weight excluding hydrogens is 398 g/mol. The van der Waals surface area contributed by atoms with Gasteiger partial charge in [0.05, 0.1) is 17.3 Å². The first-order valence-electron chi connectivity index (χ1n) is 9.68. The molecule has 152 valence electrons. The molecule has 2 fully saturated rings. The molecule has 28 heavy (non-hydrogen) atoms. The van der Waals surface area contributed by atoms with Crippen molar-refractivity contribution in [3.8, 4) is 0 Å². The number of fused-ring (bicyclic) bond motifs is 1. The number of carbonyl (C=O) groups excluding carboxylic acids is 1. The first kappa shape index (κ1) is 19.6. The Kier molecular flexibility index (Phi) is 5.34. The monoisotopic (exact) mass is 423 g/mol. The van der Waals surface area contributed by atoms with Crippen molar-refractivity contribution in [3.05, 3.63) is 17.5 Å². The zero-order valence-corrected chi connectivity index (χ0v) is 17.8. The van der Waals surface area contributed by atoms with Crippen LogP contribution >= 0.6 is 11.8 Å². The van der Waals surface area contributed by atoms with Gasteiger partial charge < -0.3 is 4.90 Å². The number of rotatable bonds is 5. The molecule has 0 spiro atoms. The number of sulfone groups is 1. The summed E-state index contributed by atoms with van der Waals surface area (Å²) in [6.07, 6.45) is 4.66. The molecular formula is C18H25N5O3S2. The molecule has 1 saturated carbocycles. The molecule has 10 heteroatoms. The average molecular weight is 424 g/mol. The Morgan fingerprint density at radius 2 is 1.96 bits per heavy atom. The van der Waals surface area contributed by atoms with Crippen LogP contribution in [-0.4, -0.2) is 68.1 Å². The lowest BCUT2D eigenvalue weighted by Gasteiger charge is -2.34. The second-order valence-electron chi connectivity index (χ2n) is 7.74. The van der Waals surface area contributed by atoms with E-state index in [2.05, 4.69) is 15.2 Å². The summed E-state index contributed by atoms with van der Waals surface area (Å²) < 4.78 is 25.8. The summed E-state index contributed by atoms with van der Waals surface area (Å²) >= 11 is 1.34. The van der Waals surface area contributed by atoms with E-state index in [0.29, 0.717) is 17.4 Å². The summed E-state index contributed by atoms with van der Waals surface area (Å²) in [4.78, 5) is 19.4. The molecule has 3 heterocycles. The third-order valence-corrected chi connectivity index (χ3v) is 8.26. The summed E-state index contributed by atoms with van der Waals surface area (Å²) in [6.45, 7) is 3.87. The third-order valence-electron chi connectivity index (χ3n) is 5.60. The number of amides is 1. The van der Waals surface area contributed by atoms with Crippen molar-refractivity contribution in [2.24, 2.45) is 0 Å². The van der Waals surface area contributed by atoms with Gasteiger partial charge in [-0.1, -0.05) is 24.6 Å². The summed E-state index contributed by atoms with van der Waals surface area (Å²) in [7, 11) is -3.04. The lowest BCUT2D eigenvalue weighted by atomic mass is 10.1. The van der Waals surface area contributed by atoms with Crippen molar-refractivity contribution in [1.82, 2.24) is 24.5 Å². The summed E-state index contributed by atoms with van der Waals surface area (Å²) in [6, 6.07) is 1.92. The molecule has 1 amide bonds. The van der Waals surface area contributed by atoms with E-state index in [1.165, 1.54) is 11.8 Å². The van der Waals surface area contributed by atoms with Crippen molar-refractivity contribution in [2.75, 3.05) is 17.3 Å². The number of aryl methyl sites for hydroxylation is 2. The standard InChI is InChI=1S/C18H25N5O3S2/c1-12-9-13(2)22-17(19-12)20-21-18(22)27-10-16(24)23(14-5-3-4-6-14)15-7-8-28(25,26)11-15/h9,14-15H,3-8,10-11H2,1-2H3/t15-/m1/s1. The van der Waals surface area contributed by atoms with Crippen LogP contribution in [-0.2, 0) is 14.6 Å². The van der Waals surface area contributed by atoms with Gasteiger partial charge in [-0.05, 0) is 39.2 Å². The van der Waals surface area contributed by atoms with Crippen molar-refractivity contribution >= 4 is 33.3 Å². The normalized spacial score (nSPS) is 22.1. The lowest BCUT2D eigenvalue weighted by Crippen LogP contribution is -2.47. The molecule has 0 aromatic carbocycles. The summed E-state index contributed by atoms with van der Waals surface area (Å²) in [5, 5.41) is 8.95. The highest BCUT2D eigenvalue weighted by Gasteiger charge is 2.38. The van der Waals surface area contributed by atoms with Gasteiger partial charge in [-0.25, -0.2) is 13.4 Å². The van der Waals surface area contributed by atoms with E-state index in [0.717, 1.165) is 37.1 Å². The van der Waals surface area contributed by atoms with Crippen LogP contribution < -0.4 is 0 Å². The van der Waals surface area contributed by atoms with E-state index in [-0.39, 0.29) is 35.2 Å². The zero-order chi connectivity index (χ0) is 19.9. The second kappa shape index (κ2) is 7.62. The molecule has 2 aliphatic rings. The Morgan fingerprint density at radius 3 is 2.64 bits per heavy atom. The van der Waals surface area contributed by atoms with E-state index < -0.39 is 9.84 Å². The molecule has 8 nitrogen and oxygen atoms in total. The third kappa shape index (κ3) is 3.89. The number of thioether (sulfide) groups is 1. The van der Waals surface area contributed by atoms with E-state index in [9.17, 15) is 13.2 Å². The average Bonchev–Trinajstić information content (AvgIpc) is 3.34. The fourth-order valence-corrected chi connectivity index (χ4v) is 6.94. The van der Waals surface area contributed by atoms with E-state index in [4.69, 9.17) is 0 Å². The highest BCUT2D eigenvalue weighted by atomic mass is 32.2. The van der Waals surface area contributed by atoms with Crippen LogP contribution in [0.5, 0.6) is 0 Å². The van der Waals surface area contributed by atoms with Gasteiger partial charge in [0.25, 0.3) is 5.78 Å². The SMILES string of the molecule is Cc1cc(C)n2c(SCC(=O)N(C3CCCC3)[C@@H]3CCS(=O)(=O)C3)nnc2n1. The minimum absolute atomic E-state index is 0.00604. The van der Waals surface area contributed by atoms with Crippen LogP contribution in [0.25, 0.3) is 5.78 Å². The quantitative estimate of drug-likeness (QED) is 0.676. The molecule has 1 saturated heterocycles. The maximum Gasteiger partial charge on any atom is 0.256 e. The lowest BCUT2D eigenvalue weighted by molar-refractivity contribution is -0.132. The van der Waals surface area contributed by atoms with E-state index in [1.807, 2.05) is 29.2 Å². The molecule has 1 aliphatic heterocycles. The highest BCUT2D eigenvalue weighted by molar-refractivity contribution is 7.99. The smallest absolute Gasteiger partial charge is 0.256 e. The zero-order valence-electron chi connectivity index (χ0n) is 16.2.